The topological polar surface area (TPSA) is 122 Å². The van der Waals surface area contributed by atoms with Crippen molar-refractivity contribution in [1.29, 1.82) is 0 Å². The minimum absolute atomic E-state index is 0.0119. The number of carboxylic acids is 1. The summed E-state index contributed by atoms with van der Waals surface area (Å²) < 4.78 is 0. The summed E-state index contributed by atoms with van der Waals surface area (Å²) in [5.41, 5.74) is 1.87. The number of carbonyl (C=O) groups excluding carboxylic acids is 2. The lowest BCUT2D eigenvalue weighted by molar-refractivity contribution is -0.141. The molecule has 0 aromatic heterocycles. The Balaban J connectivity index is 4.04. The van der Waals surface area contributed by atoms with Crippen LogP contribution in [0.5, 0.6) is 0 Å². The summed E-state index contributed by atoms with van der Waals surface area (Å²) >= 11 is 0. The van der Waals surface area contributed by atoms with E-state index in [1.165, 1.54) is 6.92 Å². The van der Waals surface area contributed by atoms with Crippen molar-refractivity contribution in [2.45, 2.75) is 25.8 Å². The van der Waals surface area contributed by atoms with Gasteiger partial charge < -0.3 is 10.4 Å². The normalized spacial score (nSPS) is 11.6. The van der Waals surface area contributed by atoms with Crippen LogP contribution in [0.25, 0.3) is 0 Å². The first-order valence-corrected chi connectivity index (χ1v) is 3.96. The monoisotopic (exact) mass is 203 g/mol. The first-order chi connectivity index (χ1) is 6.47. The maximum absolute atomic E-state index is 10.7. The molecule has 0 aromatic rings. The highest BCUT2D eigenvalue weighted by Gasteiger charge is 2.18. The molecule has 14 heavy (non-hydrogen) atoms. The Morgan fingerprint density at radius 1 is 1.43 bits per heavy atom. The van der Waals surface area contributed by atoms with Crippen molar-refractivity contribution in [2.24, 2.45) is 5.84 Å². The van der Waals surface area contributed by atoms with Crippen LogP contribution in [0.4, 0.5) is 0 Å². The second-order valence-electron chi connectivity index (χ2n) is 2.70. The van der Waals surface area contributed by atoms with E-state index in [1.807, 2.05) is 5.43 Å². The summed E-state index contributed by atoms with van der Waals surface area (Å²) in [5.74, 6) is 2.70. The Hall–Kier alpha value is -1.63. The predicted molar refractivity (Wildman–Crippen MR) is 46.8 cm³/mol. The van der Waals surface area contributed by atoms with Crippen LogP contribution >= 0.6 is 0 Å². The number of aliphatic carboxylic acids is 1. The van der Waals surface area contributed by atoms with Gasteiger partial charge in [-0.3, -0.25) is 15.0 Å². The summed E-state index contributed by atoms with van der Waals surface area (Å²) in [6.45, 7) is 1.21. The van der Waals surface area contributed by atoms with Gasteiger partial charge in [0.1, 0.15) is 6.04 Å². The lowest BCUT2D eigenvalue weighted by Crippen LogP contribution is -2.41. The third-order valence-electron chi connectivity index (χ3n) is 1.50. The average Bonchev–Trinajstić information content (AvgIpc) is 2.10. The van der Waals surface area contributed by atoms with Crippen LogP contribution in [0.1, 0.15) is 19.8 Å². The molecule has 0 saturated carbocycles. The van der Waals surface area contributed by atoms with E-state index in [1.54, 1.807) is 0 Å². The number of hydrogen-bond acceptors (Lipinski definition) is 4. The molecule has 0 spiro atoms. The van der Waals surface area contributed by atoms with E-state index in [0.29, 0.717) is 0 Å². The molecule has 80 valence electrons. The van der Waals surface area contributed by atoms with Gasteiger partial charge in [0.05, 0.1) is 0 Å². The van der Waals surface area contributed by atoms with Crippen molar-refractivity contribution < 1.29 is 19.5 Å². The number of carbonyl (C=O) groups is 3. The van der Waals surface area contributed by atoms with Crippen LogP contribution in [0.2, 0.25) is 0 Å². The molecule has 5 N–H and O–H groups in total. The van der Waals surface area contributed by atoms with E-state index >= 15 is 0 Å². The maximum Gasteiger partial charge on any atom is 0.326 e. The second kappa shape index (κ2) is 5.92. The van der Waals surface area contributed by atoms with Crippen molar-refractivity contribution in [1.82, 2.24) is 10.7 Å². The van der Waals surface area contributed by atoms with Crippen LogP contribution in [0.3, 0.4) is 0 Å². The highest BCUT2D eigenvalue weighted by atomic mass is 16.4. The average molecular weight is 203 g/mol. The fourth-order valence-electron chi connectivity index (χ4n) is 0.850. The number of hydrogen-bond donors (Lipinski definition) is 4. The van der Waals surface area contributed by atoms with Crippen LogP contribution in [-0.4, -0.2) is 28.9 Å². The van der Waals surface area contributed by atoms with Gasteiger partial charge in [-0.05, 0) is 6.42 Å². The molecule has 7 nitrogen and oxygen atoms in total. The van der Waals surface area contributed by atoms with E-state index < -0.39 is 23.8 Å². The smallest absolute Gasteiger partial charge is 0.326 e. The van der Waals surface area contributed by atoms with Crippen LogP contribution in [0.15, 0.2) is 0 Å². The summed E-state index contributed by atoms with van der Waals surface area (Å²) in [4.78, 5) is 31.8. The zero-order valence-electron chi connectivity index (χ0n) is 7.74. The molecule has 2 amide bonds. The zero-order chi connectivity index (χ0) is 11.1. The molecular weight excluding hydrogens is 190 g/mol. The molecule has 0 aromatic carbocycles. The Bertz CT molecular complexity index is 241. The second-order valence-corrected chi connectivity index (χ2v) is 2.70. The molecule has 1 unspecified atom stereocenters. The summed E-state index contributed by atoms with van der Waals surface area (Å²) in [6.07, 6.45) is -0.0360. The highest BCUT2D eigenvalue weighted by Crippen LogP contribution is 1.97. The van der Waals surface area contributed by atoms with Gasteiger partial charge in [0.15, 0.2) is 0 Å². The van der Waals surface area contributed by atoms with E-state index in [0.717, 1.165) is 0 Å². The molecule has 0 saturated heterocycles. The Morgan fingerprint density at radius 2 is 2.00 bits per heavy atom. The van der Waals surface area contributed by atoms with Crippen molar-refractivity contribution in [3.63, 3.8) is 0 Å². The SMILES string of the molecule is CC(=O)NC(CCC(=O)NN)C(=O)O. The van der Waals surface area contributed by atoms with Gasteiger partial charge in [-0.25, -0.2) is 10.6 Å². The molecule has 0 aliphatic heterocycles. The van der Waals surface area contributed by atoms with Gasteiger partial charge in [-0.15, -0.1) is 0 Å². The van der Waals surface area contributed by atoms with Gasteiger partial charge in [0, 0.05) is 13.3 Å². The van der Waals surface area contributed by atoms with Crippen molar-refractivity contribution in [3.8, 4) is 0 Å². The lowest BCUT2D eigenvalue weighted by Gasteiger charge is -2.11. The summed E-state index contributed by atoms with van der Waals surface area (Å²) in [7, 11) is 0. The molecule has 0 rings (SSSR count). The van der Waals surface area contributed by atoms with Gasteiger partial charge in [-0.2, -0.15) is 0 Å². The third kappa shape index (κ3) is 5.09. The molecule has 7 heteroatoms. The van der Waals surface area contributed by atoms with Crippen LogP contribution < -0.4 is 16.6 Å². The van der Waals surface area contributed by atoms with Crippen molar-refractivity contribution in [3.05, 3.63) is 0 Å². The molecule has 0 aliphatic carbocycles. The predicted octanol–water partition coefficient (Wildman–Crippen LogP) is -1.65. The standard InChI is InChI=1S/C7H13N3O4/c1-4(11)9-5(7(13)14)2-3-6(12)10-8/h5H,2-3,8H2,1H3,(H,9,11)(H,10,12)(H,13,14). The van der Waals surface area contributed by atoms with E-state index in [4.69, 9.17) is 10.9 Å². The van der Waals surface area contributed by atoms with Crippen LogP contribution in [0, 0.1) is 0 Å². The van der Waals surface area contributed by atoms with E-state index in [9.17, 15) is 14.4 Å². The van der Waals surface area contributed by atoms with Crippen molar-refractivity contribution >= 4 is 17.8 Å². The molecule has 0 heterocycles. The number of hydrazine groups is 1. The Labute approximate surface area is 80.6 Å². The molecular formula is C7H13N3O4. The minimum atomic E-state index is -1.18. The highest BCUT2D eigenvalue weighted by molar-refractivity contribution is 5.83. The summed E-state index contributed by atoms with van der Waals surface area (Å²) in [5, 5.41) is 10.8. The van der Waals surface area contributed by atoms with Gasteiger partial charge in [0.2, 0.25) is 11.8 Å². The fraction of sp³-hybridized carbons (Fsp3) is 0.571. The molecule has 0 radical (unpaired) electrons. The molecule has 0 aliphatic rings. The number of nitrogens with one attached hydrogen (secondary N) is 2. The molecule has 0 bridgehead atoms. The number of carboxylic acid groups (broad SMARTS) is 1. The lowest BCUT2D eigenvalue weighted by atomic mass is 10.1. The van der Waals surface area contributed by atoms with Crippen molar-refractivity contribution in [2.75, 3.05) is 0 Å². The first-order valence-electron chi connectivity index (χ1n) is 3.96. The fourth-order valence-corrected chi connectivity index (χ4v) is 0.850. The van der Waals surface area contributed by atoms with Gasteiger partial charge in [0.25, 0.3) is 0 Å². The van der Waals surface area contributed by atoms with Crippen LogP contribution in [-0.2, 0) is 14.4 Å². The van der Waals surface area contributed by atoms with Gasteiger partial charge >= 0.3 is 5.97 Å². The number of amides is 2. The number of nitrogens with two attached hydrogens (primary N) is 1. The molecule has 1 atom stereocenters. The van der Waals surface area contributed by atoms with Gasteiger partial charge in [-0.1, -0.05) is 0 Å². The quantitative estimate of drug-likeness (QED) is 0.242. The largest absolute Gasteiger partial charge is 0.480 e. The minimum Gasteiger partial charge on any atom is -0.480 e. The Morgan fingerprint density at radius 3 is 2.36 bits per heavy atom. The molecule has 0 fully saturated rings. The number of rotatable bonds is 5. The zero-order valence-corrected chi connectivity index (χ0v) is 7.74. The first kappa shape index (κ1) is 12.4. The maximum atomic E-state index is 10.7. The summed E-state index contributed by atoms with van der Waals surface area (Å²) in [6, 6.07) is -1.05. The van der Waals surface area contributed by atoms with E-state index in [2.05, 4.69) is 5.32 Å². The third-order valence-corrected chi connectivity index (χ3v) is 1.50. The Kier molecular flexibility index (Phi) is 5.23. The van der Waals surface area contributed by atoms with E-state index in [-0.39, 0.29) is 12.8 Å².